The summed E-state index contributed by atoms with van der Waals surface area (Å²) < 4.78 is 13.3. The number of fused-ring (bicyclic) bond motifs is 1. The van der Waals surface area contributed by atoms with Crippen LogP contribution in [0.2, 0.25) is 0 Å². The third-order valence-electron chi connectivity index (χ3n) is 3.60. The Balaban J connectivity index is 2.05. The van der Waals surface area contributed by atoms with Gasteiger partial charge in [0.25, 0.3) is 0 Å². The van der Waals surface area contributed by atoms with E-state index in [1.165, 1.54) is 16.8 Å². The van der Waals surface area contributed by atoms with Crippen molar-refractivity contribution >= 4 is 16.3 Å². The molecule has 1 heteroatoms. The molecular weight excluding hydrogens is 247 g/mol. The van der Waals surface area contributed by atoms with Crippen LogP contribution in [0.1, 0.15) is 16.7 Å². The first kappa shape index (κ1) is 12.6. The molecule has 0 bridgehead atoms. The molecule has 3 aromatic rings. The van der Waals surface area contributed by atoms with Crippen LogP contribution in [-0.2, 0) is 0 Å². The number of halogens is 1. The summed E-state index contributed by atoms with van der Waals surface area (Å²) in [6, 6.07) is 19.6. The summed E-state index contributed by atoms with van der Waals surface area (Å²) in [7, 11) is 0. The number of hydrogen-bond acceptors (Lipinski definition) is 0. The fourth-order valence-electron chi connectivity index (χ4n) is 2.38. The second kappa shape index (κ2) is 4.93. The standard InChI is InChI=1S/C19H15F/c1-13-11-16(9-10-19(13)20)14(2)17-8-7-15-5-3-4-6-18(15)12-17/h3-12H,2H2,1H3. The monoisotopic (exact) mass is 262 g/mol. The van der Waals surface area contributed by atoms with Crippen molar-refractivity contribution in [3.63, 3.8) is 0 Å². The topological polar surface area (TPSA) is 0 Å². The largest absolute Gasteiger partial charge is 0.207 e. The van der Waals surface area contributed by atoms with Gasteiger partial charge in [-0.1, -0.05) is 49.0 Å². The molecule has 0 saturated heterocycles. The normalized spacial score (nSPS) is 10.7. The smallest absolute Gasteiger partial charge is 0.126 e. The third-order valence-corrected chi connectivity index (χ3v) is 3.60. The van der Waals surface area contributed by atoms with Crippen molar-refractivity contribution in [3.8, 4) is 0 Å². The van der Waals surface area contributed by atoms with E-state index in [0.29, 0.717) is 5.56 Å². The van der Waals surface area contributed by atoms with Crippen LogP contribution in [-0.4, -0.2) is 0 Å². The van der Waals surface area contributed by atoms with Gasteiger partial charge in [0.15, 0.2) is 0 Å². The first-order valence-electron chi connectivity index (χ1n) is 6.60. The average Bonchev–Trinajstić information content (AvgIpc) is 2.49. The summed E-state index contributed by atoms with van der Waals surface area (Å²) in [4.78, 5) is 0. The summed E-state index contributed by atoms with van der Waals surface area (Å²) in [5, 5.41) is 2.39. The molecule has 98 valence electrons. The van der Waals surface area contributed by atoms with Gasteiger partial charge in [-0.3, -0.25) is 0 Å². The molecule has 3 rings (SSSR count). The average molecular weight is 262 g/mol. The zero-order valence-electron chi connectivity index (χ0n) is 11.4. The molecule has 0 heterocycles. The van der Waals surface area contributed by atoms with E-state index in [4.69, 9.17) is 0 Å². The number of rotatable bonds is 2. The summed E-state index contributed by atoms with van der Waals surface area (Å²) in [6.45, 7) is 5.92. The van der Waals surface area contributed by atoms with Crippen LogP contribution in [0.15, 0.2) is 67.2 Å². The highest BCUT2D eigenvalue weighted by molar-refractivity contribution is 5.88. The minimum absolute atomic E-state index is 0.180. The van der Waals surface area contributed by atoms with Crippen LogP contribution < -0.4 is 0 Å². The van der Waals surface area contributed by atoms with Gasteiger partial charge in [-0.05, 0) is 58.2 Å². The molecule has 0 aliphatic carbocycles. The quantitative estimate of drug-likeness (QED) is 0.584. The number of benzene rings is 3. The Labute approximate surface area is 118 Å². The van der Waals surface area contributed by atoms with Gasteiger partial charge in [0, 0.05) is 0 Å². The molecule has 0 spiro atoms. The molecule has 0 N–H and O–H groups in total. The zero-order valence-corrected chi connectivity index (χ0v) is 11.4. The van der Waals surface area contributed by atoms with E-state index in [1.54, 1.807) is 13.0 Å². The summed E-state index contributed by atoms with van der Waals surface area (Å²) >= 11 is 0. The highest BCUT2D eigenvalue weighted by atomic mass is 19.1. The summed E-state index contributed by atoms with van der Waals surface area (Å²) in [5.41, 5.74) is 3.58. The first-order valence-corrected chi connectivity index (χ1v) is 6.60. The van der Waals surface area contributed by atoms with Gasteiger partial charge in [0.1, 0.15) is 5.82 Å². The van der Waals surface area contributed by atoms with Crippen molar-refractivity contribution < 1.29 is 4.39 Å². The molecule has 0 atom stereocenters. The third kappa shape index (κ3) is 2.23. The van der Waals surface area contributed by atoms with Crippen molar-refractivity contribution in [2.24, 2.45) is 0 Å². The molecular formula is C19H15F. The SMILES string of the molecule is C=C(c1ccc(F)c(C)c1)c1ccc2ccccc2c1. The maximum atomic E-state index is 13.3. The fraction of sp³-hybridized carbons (Fsp3) is 0.0526. The van der Waals surface area contributed by atoms with Gasteiger partial charge in [-0.25, -0.2) is 4.39 Å². The lowest BCUT2D eigenvalue weighted by atomic mass is 9.96. The lowest BCUT2D eigenvalue weighted by Crippen LogP contribution is -1.90. The van der Waals surface area contributed by atoms with E-state index in [1.807, 2.05) is 18.2 Å². The Hall–Kier alpha value is -2.41. The van der Waals surface area contributed by atoms with E-state index in [-0.39, 0.29) is 5.82 Å². The second-order valence-electron chi connectivity index (χ2n) is 5.00. The van der Waals surface area contributed by atoms with E-state index < -0.39 is 0 Å². The fourth-order valence-corrected chi connectivity index (χ4v) is 2.38. The van der Waals surface area contributed by atoms with Crippen molar-refractivity contribution in [1.29, 1.82) is 0 Å². The van der Waals surface area contributed by atoms with E-state index in [0.717, 1.165) is 16.7 Å². The van der Waals surface area contributed by atoms with E-state index in [9.17, 15) is 4.39 Å². The zero-order chi connectivity index (χ0) is 14.1. The minimum atomic E-state index is -0.180. The predicted molar refractivity (Wildman–Crippen MR) is 83.2 cm³/mol. The van der Waals surface area contributed by atoms with Crippen LogP contribution in [0.25, 0.3) is 16.3 Å². The molecule has 0 aliphatic heterocycles. The molecule has 0 radical (unpaired) electrons. The van der Waals surface area contributed by atoms with Crippen LogP contribution >= 0.6 is 0 Å². The summed E-state index contributed by atoms with van der Waals surface area (Å²) in [6.07, 6.45) is 0. The number of hydrogen-bond donors (Lipinski definition) is 0. The van der Waals surface area contributed by atoms with Crippen LogP contribution in [0.5, 0.6) is 0 Å². The molecule has 3 aromatic carbocycles. The first-order chi connectivity index (χ1) is 9.65. The van der Waals surface area contributed by atoms with Gasteiger partial charge >= 0.3 is 0 Å². The number of aryl methyl sites for hydroxylation is 1. The second-order valence-corrected chi connectivity index (χ2v) is 5.00. The molecule has 0 fully saturated rings. The Morgan fingerprint density at radius 1 is 0.850 bits per heavy atom. The molecule has 0 aromatic heterocycles. The van der Waals surface area contributed by atoms with Gasteiger partial charge in [-0.15, -0.1) is 0 Å². The van der Waals surface area contributed by atoms with E-state index in [2.05, 4.69) is 36.9 Å². The predicted octanol–water partition coefficient (Wildman–Crippen LogP) is 5.35. The van der Waals surface area contributed by atoms with Gasteiger partial charge in [0.05, 0.1) is 0 Å². The van der Waals surface area contributed by atoms with Crippen molar-refractivity contribution in [2.45, 2.75) is 6.92 Å². The van der Waals surface area contributed by atoms with Crippen molar-refractivity contribution in [3.05, 3.63) is 89.8 Å². The lowest BCUT2D eigenvalue weighted by molar-refractivity contribution is 0.618. The van der Waals surface area contributed by atoms with Gasteiger partial charge < -0.3 is 0 Å². The molecule has 0 aliphatic rings. The highest BCUT2D eigenvalue weighted by Crippen LogP contribution is 2.26. The maximum absolute atomic E-state index is 13.3. The van der Waals surface area contributed by atoms with Crippen LogP contribution in [0, 0.1) is 12.7 Å². The van der Waals surface area contributed by atoms with Gasteiger partial charge in [-0.2, -0.15) is 0 Å². The van der Waals surface area contributed by atoms with Crippen molar-refractivity contribution in [2.75, 3.05) is 0 Å². The molecule has 0 amide bonds. The maximum Gasteiger partial charge on any atom is 0.126 e. The Morgan fingerprint density at radius 3 is 2.25 bits per heavy atom. The molecule has 0 saturated carbocycles. The minimum Gasteiger partial charge on any atom is -0.207 e. The Kier molecular flexibility index (Phi) is 3.11. The lowest BCUT2D eigenvalue weighted by Gasteiger charge is -2.09. The van der Waals surface area contributed by atoms with Crippen LogP contribution in [0.3, 0.4) is 0 Å². The Morgan fingerprint density at radius 2 is 1.50 bits per heavy atom. The molecule has 20 heavy (non-hydrogen) atoms. The summed E-state index contributed by atoms with van der Waals surface area (Å²) in [5.74, 6) is -0.180. The van der Waals surface area contributed by atoms with Gasteiger partial charge in [0.2, 0.25) is 0 Å². The van der Waals surface area contributed by atoms with Crippen molar-refractivity contribution in [1.82, 2.24) is 0 Å². The molecule has 0 nitrogen and oxygen atoms in total. The molecule has 0 unspecified atom stereocenters. The van der Waals surface area contributed by atoms with E-state index >= 15 is 0 Å². The Bertz CT molecular complexity index is 800. The highest BCUT2D eigenvalue weighted by Gasteiger charge is 2.06. The van der Waals surface area contributed by atoms with Crippen LogP contribution in [0.4, 0.5) is 4.39 Å².